The fourth-order valence-corrected chi connectivity index (χ4v) is 2.51. The number of aromatic amines is 1. The molecule has 0 amide bonds. The van der Waals surface area contributed by atoms with Gasteiger partial charge in [0, 0.05) is 13.0 Å². The number of esters is 1. The third kappa shape index (κ3) is 3.51. The molecule has 0 bridgehead atoms. The molecule has 6 nitrogen and oxygen atoms in total. The van der Waals surface area contributed by atoms with Crippen LogP contribution in [0.4, 0.5) is 0 Å². The number of H-pyrrole nitrogens is 1. The first-order chi connectivity index (χ1) is 10.7. The Morgan fingerprint density at radius 3 is 3.09 bits per heavy atom. The molecule has 1 aliphatic heterocycles. The van der Waals surface area contributed by atoms with Crippen molar-refractivity contribution < 1.29 is 14.3 Å². The second-order valence-electron chi connectivity index (χ2n) is 5.35. The molecule has 0 saturated carbocycles. The number of para-hydroxylation sites is 1. The number of carbonyl (C=O) groups excluding carboxylic acids is 1. The van der Waals surface area contributed by atoms with Gasteiger partial charge in [0.2, 0.25) is 0 Å². The van der Waals surface area contributed by atoms with Crippen LogP contribution in [0, 0.1) is 0 Å². The highest BCUT2D eigenvalue weighted by Gasteiger charge is 2.17. The van der Waals surface area contributed by atoms with Gasteiger partial charge in [-0.2, -0.15) is 0 Å². The summed E-state index contributed by atoms with van der Waals surface area (Å²) in [6.07, 6.45) is 2.53. The van der Waals surface area contributed by atoms with Crippen molar-refractivity contribution >= 4 is 16.9 Å². The van der Waals surface area contributed by atoms with Gasteiger partial charge in [-0.1, -0.05) is 12.1 Å². The van der Waals surface area contributed by atoms with Crippen LogP contribution >= 0.6 is 0 Å². The Kier molecular flexibility index (Phi) is 4.48. The van der Waals surface area contributed by atoms with Crippen molar-refractivity contribution in [2.75, 3.05) is 13.2 Å². The summed E-state index contributed by atoms with van der Waals surface area (Å²) in [5.74, 6) is 0.198. The van der Waals surface area contributed by atoms with E-state index in [0.717, 1.165) is 19.4 Å². The van der Waals surface area contributed by atoms with E-state index in [9.17, 15) is 9.59 Å². The van der Waals surface area contributed by atoms with Crippen LogP contribution in [0.2, 0.25) is 0 Å². The molecule has 0 unspecified atom stereocenters. The van der Waals surface area contributed by atoms with Gasteiger partial charge in [-0.15, -0.1) is 0 Å². The number of nitrogens with zero attached hydrogens (tertiary/aromatic N) is 1. The first-order valence-electron chi connectivity index (χ1n) is 7.47. The molecule has 1 aliphatic rings. The van der Waals surface area contributed by atoms with Gasteiger partial charge in [0.1, 0.15) is 12.4 Å². The van der Waals surface area contributed by atoms with Crippen molar-refractivity contribution in [2.45, 2.75) is 31.8 Å². The van der Waals surface area contributed by atoms with Gasteiger partial charge in [0.25, 0.3) is 5.56 Å². The zero-order chi connectivity index (χ0) is 15.4. The lowest BCUT2D eigenvalue weighted by molar-refractivity contribution is -0.146. The summed E-state index contributed by atoms with van der Waals surface area (Å²) in [6, 6.07) is 7.13. The zero-order valence-corrected chi connectivity index (χ0v) is 12.2. The van der Waals surface area contributed by atoms with Crippen LogP contribution < -0.4 is 5.56 Å². The van der Waals surface area contributed by atoms with Crippen molar-refractivity contribution in [3.63, 3.8) is 0 Å². The molecule has 0 aliphatic carbocycles. The molecule has 2 heterocycles. The van der Waals surface area contributed by atoms with E-state index >= 15 is 0 Å². The topological polar surface area (TPSA) is 81.3 Å². The van der Waals surface area contributed by atoms with Crippen LogP contribution in [0.1, 0.15) is 25.1 Å². The Balaban J connectivity index is 1.56. The number of nitrogens with one attached hydrogen (secondary N) is 1. The van der Waals surface area contributed by atoms with Crippen LogP contribution in [0.5, 0.6) is 0 Å². The molecule has 3 rings (SSSR count). The van der Waals surface area contributed by atoms with Crippen LogP contribution in [-0.2, 0) is 20.7 Å². The molecule has 1 fully saturated rings. The maximum Gasteiger partial charge on any atom is 0.306 e. The quantitative estimate of drug-likeness (QED) is 0.848. The minimum atomic E-state index is -0.300. The monoisotopic (exact) mass is 302 g/mol. The third-order valence-electron chi connectivity index (χ3n) is 3.68. The van der Waals surface area contributed by atoms with Gasteiger partial charge in [-0.25, -0.2) is 4.98 Å². The summed E-state index contributed by atoms with van der Waals surface area (Å²) in [5, 5.41) is 0.548. The van der Waals surface area contributed by atoms with Crippen molar-refractivity contribution in [2.24, 2.45) is 0 Å². The standard InChI is InChI=1S/C16H18N2O4/c19-15(22-10-11-4-3-9-21-11)8-7-14-17-13-6-2-1-5-12(13)16(20)18-14/h1-2,5-6,11H,3-4,7-10H2,(H,17,18,20)/t11-/m0/s1. The average Bonchev–Trinajstić information content (AvgIpc) is 3.04. The molecule has 116 valence electrons. The second kappa shape index (κ2) is 6.70. The number of aryl methyl sites for hydroxylation is 1. The Morgan fingerprint density at radius 1 is 1.41 bits per heavy atom. The Morgan fingerprint density at radius 2 is 2.27 bits per heavy atom. The maximum absolute atomic E-state index is 11.9. The van der Waals surface area contributed by atoms with E-state index in [2.05, 4.69) is 9.97 Å². The molecule has 0 radical (unpaired) electrons. The smallest absolute Gasteiger partial charge is 0.306 e. The molecule has 2 aromatic rings. The third-order valence-corrected chi connectivity index (χ3v) is 3.68. The highest BCUT2D eigenvalue weighted by molar-refractivity contribution is 5.77. The summed E-state index contributed by atoms with van der Waals surface area (Å²) in [7, 11) is 0. The van der Waals surface area contributed by atoms with Crippen molar-refractivity contribution in [1.29, 1.82) is 0 Å². The summed E-state index contributed by atoms with van der Waals surface area (Å²) in [5.41, 5.74) is 0.447. The Bertz CT molecular complexity index is 719. The van der Waals surface area contributed by atoms with Gasteiger partial charge in [0.05, 0.1) is 23.4 Å². The maximum atomic E-state index is 11.9. The van der Waals surface area contributed by atoms with E-state index in [-0.39, 0.29) is 24.1 Å². The molecule has 22 heavy (non-hydrogen) atoms. The number of rotatable bonds is 5. The summed E-state index contributed by atoms with van der Waals surface area (Å²) >= 11 is 0. The molecule has 1 aromatic carbocycles. The van der Waals surface area contributed by atoms with Crippen LogP contribution in [0.3, 0.4) is 0 Å². The highest BCUT2D eigenvalue weighted by atomic mass is 16.6. The largest absolute Gasteiger partial charge is 0.463 e. The Labute approximate surface area is 127 Å². The van der Waals surface area contributed by atoms with E-state index in [4.69, 9.17) is 9.47 Å². The fourth-order valence-electron chi connectivity index (χ4n) is 2.51. The lowest BCUT2D eigenvalue weighted by Crippen LogP contribution is -2.19. The second-order valence-corrected chi connectivity index (χ2v) is 5.35. The number of carbonyl (C=O) groups is 1. The average molecular weight is 302 g/mol. The van der Waals surface area contributed by atoms with E-state index in [1.807, 2.05) is 6.07 Å². The van der Waals surface area contributed by atoms with Crippen LogP contribution in [0.15, 0.2) is 29.1 Å². The first-order valence-corrected chi connectivity index (χ1v) is 7.47. The van der Waals surface area contributed by atoms with Gasteiger partial charge in [-0.05, 0) is 25.0 Å². The molecule has 1 N–H and O–H groups in total. The van der Waals surface area contributed by atoms with E-state index in [0.29, 0.717) is 29.8 Å². The Hall–Kier alpha value is -2.21. The first kappa shape index (κ1) is 14.7. The lowest BCUT2D eigenvalue weighted by atomic mass is 10.2. The number of hydrogen-bond donors (Lipinski definition) is 1. The number of hydrogen-bond acceptors (Lipinski definition) is 5. The molecule has 1 saturated heterocycles. The van der Waals surface area contributed by atoms with Gasteiger partial charge in [0.15, 0.2) is 0 Å². The van der Waals surface area contributed by atoms with Gasteiger partial charge >= 0.3 is 5.97 Å². The molecule has 1 atom stereocenters. The van der Waals surface area contributed by atoms with Crippen molar-refractivity contribution in [1.82, 2.24) is 9.97 Å². The van der Waals surface area contributed by atoms with Crippen molar-refractivity contribution in [3.8, 4) is 0 Å². The zero-order valence-electron chi connectivity index (χ0n) is 12.2. The molecule has 6 heteroatoms. The van der Waals surface area contributed by atoms with Crippen LogP contribution in [0.25, 0.3) is 10.9 Å². The van der Waals surface area contributed by atoms with E-state index < -0.39 is 0 Å². The summed E-state index contributed by atoms with van der Waals surface area (Å²) < 4.78 is 10.6. The lowest BCUT2D eigenvalue weighted by Gasteiger charge is -2.10. The highest BCUT2D eigenvalue weighted by Crippen LogP contribution is 2.12. The van der Waals surface area contributed by atoms with Gasteiger partial charge < -0.3 is 14.5 Å². The minimum Gasteiger partial charge on any atom is -0.463 e. The fraction of sp³-hybridized carbons (Fsp3) is 0.438. The van der Waals surface area contributed by atoms with Crippen molar-refractivity contribution in [3.05, 3.63) is 40.4 Å². The van der Waals surface area contributed by atoms with E-state index in [1.54, 1.807) is 18.2 Å². The molecule has 0 spiro atoms. The molecule has 1 aromatic heterocycles. The summed E-state index contributed by atoms with van der Waals surface area (Å²) in [4.78, 5) is 30.7. The number of fused-ring (bicyclic) bond motifs is 1. The SMILES string of the molecule is O=C(CCc1nc2ccccc2c(=O)[nH]1)OC[C@@H]1CCCO1. The minimum absolute atomic E-state index is 0.0301. The molecular formula is C16H18N2O4. The predicted molar refractivity (Wildman–Crippen MR) is 80.6 cm³/mol. The molecular weight excluding hydrogens is 284 g/mol. The summed E-state index contributed by atoms with van der Waals surface area (Å²) in [6.45, 7) is 1.05. The predicted octanol–water partition coefficient (Wildman–Crippen LogP) is 1.58. The normalized spacial score (nSPS) is 17.7. The van der Waals surface area contributed by atoms with Crippen LogP contribution in [-0.4, -0.2) is 35.3 Å². The van der Waals surface area contributed by atoms with E-state index in [1.165, 1.54) is 0 Å². The number of ether oxygens (including phenoxy) is 2. The number of benzene rings is 1. The number of aromatic nitrogens is 2. The van der Waals surface area contributed by atoms with Gasteiger partial charge in [-0.3, -0.25) is 9.59 Å².